The first-order valence-electron chi connectivity index (χ1n) is 11.7. The van der Waals surface area contributed by atoms with E-state index in [2.05, 4.69) is 15.9 Å². The van der Waals surface area contributed by atoms with E-state index in [1.165, 1.54) is 4.90 Å². The number of ether oxygens (including phenoxy) is 1. The monoisotopic (exact) mass is 522 g/mol. The van der Waals surface area contributed by atoms with E-state index in [0.717, 1.165) is 29.4 Å². The molecule has 174 valence electrons. The van der Waals surface area contributed by atoms with E-state index < -0.39 is 11.9 Å². The predicted molar refractivity (Wildman–Crippen MR) is 127 cm³/mol. The molecule has 8 heteroatoms. The van der Waals surface area contributed by atoms with Gasteiger partial charge >= 0.3 is 5.97 Å². The number of benzene rings is 2. The molecule has 5 atom stereocenters. The molecule has 2 aliphatic heterocycles. The van der Waals surface area contributed by atoms with E-state index in [1.807, 2.05) is 24.3 Å². The molecular weight excluding hydrogens is 500 g/mol. The molecular formula is C26H23BrN2O5. The standard InChI is InChI=1S/C26H23BrN2O5/c27-17-6-8-18(9-7-17)28-13-16(11-21(28)30)26(33)34-20-3-1-2-19(12-20)29-24(31)22-14-4-5-15(10-14)23(22)25(29)32/h1-3,6-9,12,14-16,22-23H,4-5,10-11,13H2/t14-,15-,16+,22-,23+/m0/s1. The highest BCUT2D eigenvalue weighted by atomic mass is 79.9. The van der Waals surface area contributed by atoms with E-state index in [1.54, 1.807) is 29.2 Å². The van der Waals surface area contributed by atoms with Gasteiger partial charge in [-0.25, -0.2) is 4.90 Å². The molecule has 2 aliphatic carbocycles. The number of imide groups is 1. The Balaban J connectivity index is 1.16. The molecule has 2 aromatic rings. The lowest BCUT2D eigenvalue weighted by molar-refractivity contribution is -0.139. The fourth-order valence-electron chi connectivity index (χ4n) is 6.28. The van der Waals surface area contributed by atoms with Crippen molar-refractivity contribution in [2.75, 3.05) is 16.3 Å². The van der Waals surface area contributed by atoms with E-state index in [4.69, 9.17) is 4.74 Å². The first kappa shape index (κ1) is 21.5. The van der Waals surface area contributed by atoms with Crippen LogP contribution in [0.3, 0.4) is 0 Å². The number of halogens is 1. The highest BCUT2D eigenvalue weighted by Gasteiger charge is 2.61. The van der Waals surface area contributed by atoms with Crippen molar-refractivity contribution in [3.63, 3.8) is 0 Å². The Hall–Kier alpha value is -3.00. The van der Waals surface area contributed by atoms with Crippen molar-refractivity contribution >= 4 is 51.0 Å². The molecule has 4 aliphatic rings. The molecule has 0 unspecified atom stereocenters. The molecule has 2 bridgehead atoms. The van der Waals surface area contributed by atoms with Crippen molar-refractivity contribution in [3.8, 4) is 5.75 Å². The number of fused-ring (bicyclic) bond motifs is 5. The zero-order valence-corrected chi connectivity index (χ0v) is 19.9. The van der Waals surface area contributed by atoms with Gasteiger partial charge in [0, 0.05) is 29.2 Å². The van der Waals surface area contributed by atoms with Gasteiger partial charge in [0.05, 0.1) is 23.4 Å². The van der Waals surface area contributed by atoms with Gasteiger partial charge in [-0.3, -0.25) is 19.2 Å². The molecule has 0 spiro atoms. The lowest BCUT2D eigenvalue weighted by Gasteiger charge is -2.19. The van der Waals surface area contributed by atoms with Gasteiger partial charge in [-0.05, 0) is 67.5 Å². The smallest absolute Gasteiger partial charge is 0.316 e. The Morgan fingerprint density at radius 2 is 1.59 bits per heavy atom. The van der Waals surface area contributed by atoms with Crippen molar-refractivity contribution in [3.05, 3.63) is 53.0 Å². The summed E-state index contributed by atoms with van der Waals surface area (Å²) >= 11 is 3.38. The number of hydrogen-bond acceptors (Lipinski definition) is 5. The fourth-order valence-corrected chi connectivity index (χ4v) is 6.55. The molecule has 3 amide bonds. The van der Waals surface area contributed by atoms with Crippen LogP contribution in [0.25, 0.3) is 0 Å². The molecule has 7 nitrogen and oxygen atoms in total. The van der Waals surface area contributed by atoms with Gasteiger partial charge in [0.2, 0.25) is 17.7 Å². The van der Waals surface area contributed by atoms with Crippen molar-refractivity contribution in [1.82, 2.24) is 0 Å². The number of carbonyl (C=O) groups excluding carboxylic acids is 4. The van der Waals surface area contributed by atoms with E-state index in [9.17, 15) is 19.2 Å². The van der Waals surface area contributed by atoms with Gasteiger partial charge in [-0.2, -0.15) is 0 Å². The molecule has 2 saturated heterocycles. The topological polar surface area (TPSA) is 84.0 Å². The van der Waals surface area contributed by atoms with Crippen LogP contribution in [0.5, 0.6) is 5.75 Å². The predicted octanol–water partition coefficient (Wildman–Crippen LogP) is 3.94. The summed E-state index contributed by atoms with van der Waals surface area (Å²) in [5, 5.41) is 0. The summed E-state index contributed by atoms with van der Waals surface area (Å²) in [5.41, 5.74) is 1.17. The van der Waals surface area contributed by atoms with Crippen LogP contribution in [0.15, 0.2) is 53.0 Å². The number of hydrogen-bond donors (Lipinski definition) is 0. The minimum atomic E-state index is -0.593. The zero-order valence-electron chi connectivity index (χ0n) is 18.4. The maximum atomic E-state index is 13.1. The highest BCUT2D eigenvalue weighted by molar-refractivity contribution is 9.10. The van der Waals surface area contributed by atoms with Crippen LogP contribution in [-0.2, 0) is 19.2 Å². The second kappa shape index (κ2) is 8.05. The number of nitrogens with zero attached hydrogens (tertiary/aromatic N) is 2. The minimum absolute atomic E-state index is 0.0732. The number of esters is 1. The van der Waals surface area contributed by atoms with Crippen LogP contribution in [-0.4, -0.2) is 30.2 Å². The minimum Gasteiger partial charge on any atom is -0.426 e. The maximum Gasteiger partial charge on any atom is 0.316 e. The Labute approximate surface area is 205 Å². The molecule has 2 saturated carbocycles. The Bertz CT molecular complexity index is 1180. The van der Waals surface area contributed by atoms with Crippen molar-refractivity contribution in [1.29, 1.82) is 0 Å². The van der Waals surface area contributed by atoms with E-state index >= 15 is 0 Å². The van der Waals surface area contributed by atoms with Crippen LogP contribution < -0.4 is 14.5 Å². The summed E-state index contributed by atoms with van der Waals surface area (Å²) in [6.07, 6.45) is 3.10. The Morgan fingerprint density at radius 3 is 2.26 bits per heavy atom. The summed E-state index contributed by atoms with van der Waals surface area (Å²) in [6, 6.07) is 13.9. The average molecular weight is 523 g/mol. The fraction of sp³-hybridized carbons (Fsp3) is 0.385. The third-order valence-electron chi connectivity index (χ3n) is 7.82. The lowest BCUT2D eigenvalue weighted by Crippen LogP contribution is -2.32. The van der Waals surface area contributed by atoms with Gasteiger partial charge in [0.25, 0.3) is 0 Å². The summed E-state index contributed by atoms with van der Waals surface area (Å²) < 4.78 is 6.50. The zero-order chi connectivity index (χ0) is 23.6. The third-order valence-corrected chi connectivity index (χ3v) is 8.35. The second-order valence-electron chi connectivity index (χ2n) is 9.70. The molecule has 2 aromatic carbocycles. The quantitative estimate of drug-likeness (QED) is 0.345. The second-order valence-corrected chi connectivity index (χ2v) is 10.6. The molecule has 6 rings (SSSR count). The highest BCUT2D eigenvalue weighted by Crippen LogP contribution is 2.56. The summed E-state index contributed by atoms with van der Waals surface area (Å²) in [6.45, 7) is 0.244. The van der Waals surface area contributed by atoms with Crippen LogP contribution in [0.4, 0.5) is 11.4 Å². The van der Waals surface area contributed by atoms with Gasteiger partial charge in [-0.15, -0.1) is 0 Å². The number of carbonyl (C=O) groups is 4. The Kier molecular flexibility index (Phi) is 5.09. The average Bonchev–Trinajstić information content (AvgIpc) is 3.58. The Morgan fingerprint density at radius 1 is 0.912 bits per heavy atom. The lowest BCUT2D eigenvalue weighted by atomic mass is 9.81. The molecule has 2 heterocycles. The van der Waals surface area contributed by atoms with Gasteiger partial charge in [-0.1, -0.05) is 22.0 Å². The van der Waals surface area contributed by atoms with Gasteiger partial charge in [0.1, 0.15) is 5.75 Å². The molecule has 34 heavy (non-hydrogen) atoms. The molecule has 4 fully saturated rings. The molecule has 0 aromatic heterocycles. The van der Waals surface area contributed by atoms with Crippen LogP contribution in [0.2, 0.25) is 0 Å². The SMILES string of the molecule is O=C(Oc1cccc(N2C(=O)[C@@H]3[C@H]4CC[C@@H](C4)[C@@H]3C2=O)c1)[C@@H]1CC(=O)N(c2ccc(Br)cc2)C1. The summed E-state index contributed by atoms with van der Waals surface area (Å²) in [4.78, 5) is 54.4. The van der Waals surface area contributed by atoms with Crippen LogP contribution in [0, 0.1) is 29.6 Å². The number of amides is 3. The normalized spacial score (nSPS) is 29.8. The van der Waals surface area contributed by atoms with E-state index in [-0.39, 0.29) is 48.3 Å². The van der Waals surface area contributed by atoms with Crippen molar-refractivity contribution in [2.45, 2.75) is 25.7 Å². The van der Waals surface area contributed by atoms with E-state index in [0.29, 0.717) is 17.5 Å². The number of rotatable bonds is 4. The van der Waals surface area contributed by atoms with Gasteiger partial charge in [0.15, 0.2) is 0 Å². The van der Waals surface area contributed by atoms with Crippen LogP contribution >= 0.6 is 15.9 Å². The first-order valence-corrected chi connectivity index (χ1v) is 12.5. The van der Waals surface area contributed by atoms with Crippen molar-refractivity contribution in [2.24, 2.45) is 29.6 Å². The third kappa shape index (κ3) is 3.38. The van der Waals surface area contributed by atoms with Gasteiger partial charge < -0.3 is 9.64 Å². The maximum absolute atomic E-state index is 13.1. The largest absolute Gasteiger partial charge is 0.426 e. The first-order chi connectivity index (χ1) is 16.4. The summed E-state index contributed by atoms with van der Waals surface area (Å²) in [5.74, 6) is -1.00. The molecule has 0 N–H and O–H groups in total. The number of anilines is 2. The van der Waals surface area contributed by atoms with Crippen molar-refractivity contribution < 1.29 is 23.9 Å². The van der Waals surface area contributed by atoms with Crippen LogP contribution in [0.1, 0.15) is 25.7 Å². The summed E-state index contributed by atoms with van der Waals surface area (Å²) in [7, 11) is 0. The molecule has 0 radical (unpaired) electrons.